The van der Waals surface area contributed by atoms with Gasteiger partial charge >= 0.3 is 5.97 Å². The van der Waals surface area contributed by atoms with E-state index < -0.39 is 0 Å². The van der Waals surface area contributed by atoms with E-state index in [-0.39, 0.29) is 17.2 Å². The molecular formula is C12H18O3. The highest BCUT2D eigenvalue weighted by Crippen LogP contribution is 2.22. The summed E-state index contributed by atoms with van der Waals surface area (Å²) in [6.45, 7) is 5.47. The first-order valence-corrected chi connectivity index (χ1v) is 4.82. The van der Waals surface area contributed by atoms with E-state index in [0.717, 1.165) is 0 Å². The van der Waals surface area contributed by atoms with Crippen LogP contribution in [-0.4, -0.2) is 18.9 Å². The van der Waals surface area contributed by atoms with Gasteiger partial charge in [-0.2, -0.15) is 0 Å². The molecule has 0 rings (SSSR count). The fourth-order valence-corrected chi connectivity index (χ4v) is 0.958. The third-order valence-corrected chi connectivity index (χ3v) is 1.87. The normalized spacial score (nSPS) is 12.3. The Labute approximate surface area is 90.8 Å². The van der Waals surface area contributed by atoms with E-state index in [2.05, 4.69) is 4.74 Å². The zero-order valence-electron chi connectivity index (χ0n) is 9.74. The molecule has 15 heavy (non-hydrogen) atoms. The van der Waals surface area contributed by atoms with Crippen LogP contribution in [0.15, 0.2) is 24.3 Å². The Morgan fingerprint density at radius 2 is 1.87 bits per heavy atom. The van der Waals surface area contributed by atoms with Gasteiger partial charge in [0.1, 0.15) is 0 Å². The number of hydrogen-bond acceptors (Lipinski definition) is 3. The first-order chi connectivity index (χ1) is 6.87. The second kappa shape index (κ2) is 6.17. The summed E-state index contributed by atoms with van der Waals surface area (Å²) >= 11 is 0. The largest absolute Gasteiger partial charge is 0.466 e. The number of rotatable bonds is 5. The van der Waals surface area contributed by atoms with Gasteiger partial charge in [0.2, 0.25) is 0 Å². The van der Waals surface area contributed by atoms with E-state index in [0.29, 0.717) is 6.42 Å². The van der Waals surface area contributed by atoms with Crippen LogP contribution in [0.3, 0.4) is 0 Å². The number of ketones is 1. The number of ether oxygens (including phenoxy) is 1. The molecule has 0 aromatic carbocycles. The molecule has 0 fully saturated rings. The van der Waals surface area contributed by atoms with Crippen LogP contribution in [0, 0.1) is 5.41 Å². The Kier molecular flexibility index (Phi) is 5.60. The molecule has 0 saturated heterocycles. The van der Waals surface area contributed by atoms with Crippen LogP contribution < -0.4 is 0 Å². The van der Waals surface area contributed by atoms with Crippen molar-refractivity contribution in [2.75, 3.05) is 7.11 Å². The van der Waals surface area contributed by atoms with Crippen LogP contribution in [0.1, 0.15) is 27.2 Å². The van der Waals surface area contributed by atoms with E-state index >= 15 is 0 Å². The molecule has 0 bridgehead atoms. The standard InChI is InChI=1S/C12H18O3/c1-10(13)6-5-8-12(2,3)9-7-11(14)15-4/h5-7,9H,8H2,1-4H3. The molecule has 0 aliphatic rings. The first kappa shape index (κ1) is 13.6. The summed E-state index contributed by atoms with van der Waals surface area (Å²) < 4.78 is 4.49. The number of hydrogen-bond donors (Lipinski definition) is 0. The first-order valence-electron chi connectivity index (χ1n) is 4.82. The predicted molar refractivity (Wildman–Crippen MR) is 59.4 cm³/mol. The molecule has 3 heteroatoms. The van der Waals surface area contributed by atoms with Crippen molar-refractivity contribution in [3.8, 4) is 0 Å². The lowest BCUT2D eigenvalue weighted by Crippen LogP contribution is -2.07. The fraction of sp³-hybridized carbons (Fsp3) is 0.500. The van der Waals surface area contributed by atoms with Crippen molar-refractivity contribution in [3.63, 3.8) is 0 Å². The van der Waals surface area contributed by atoms with Gasteiger partial charge in [0, 0.05) is 6.08 Å². The lowest BCUT2D eigenvalue weighted by atomic mass is 9.88. The van der Waals surface area contributed by atoms with Gasteiger partial charge in [0.15, 0.2) is 5.78 Å². The molecule has 0 aliphatic carbocycles. The third-order valence-electron chi connectivity index (χ3n) is 1.87. The Hall–Kier alpha value is -1.38. The van der Waals surface area contributed by atoms with E-state index in [1.807, 2.05) is 19.9 Å². The molecule has 3 nitrogen and oxygen atoms in total. The molecule has 0 saturated carbocycles. The van der Waals surface area contributed by atoms with E-state index in [4.69, 9.17) is 0 Å². The highest BCUT2D eigenvalue weighted by Gasteiger charge is 2.12. The Balaban J connectivity index is 4.24. The van der Waals surface area contributed by atoms with Gasteiger partial charge in [-0.15, -0.1) is 0 Å². The van der Waals surface area contributed by atoms with Crippen molar-refractivity contribution in [3.05, 3.63) is 24.3 Å². The number of esters is 1. The van der Waals surface area contributed by atoms with Gasteiger partial charge < -0.3 is 4.74 Å². The zero-order valence-corrected chi connectivity index (χ0v) is 9.74. The summed E-state index contributed by atoms with van der Waals surface area (Å²) in [6, 6.07) is 0. The van der Waals surface area contributed by atoms with E-state index in [1.165, 1.54) is 26.2 Å². The summed E-state index contributed by atoms with van der Waals surface area (Å²) in [5, 5.41) is 0. The van der Waals surface area contributed by atoms with Crippen LogP contribution in [0.2, 0.25) is 0 Å². The van der Waals surface area contributed by atoms with Crippen molar-refractivity contribution in [1.82, 2.24) is 0 Å². The molecule has 0 atom stereocenters. The van der Waals surface area contributed by atoms with Crippen LogP contribution in [0.4, 0.5) is 0 Å². The van der Waals surface area contributed by atoms with Crippen molar-refractivity contribution in [2.45, 2.75) is 27.2 Å². The van der Waals surface area contributed by atoms with Crippen molar-refractivity contribution < 1.29 is 14.3 Å². The Morgan fingerprint density at radius 1 is 1.27 bits per heavy atom. The third kappa shape index (κ3) is 7.67. The molecular weight excluding hydrogens is 192 g/mol. The van der Waals surface area contributed by atoms with Gasteiger partial charge in [0.05, 0.1) is 7.11 Å². The van der Waals surface area contributed by atoms with Crippen molar-refractivity contribution in [2.24, 2.45) is 5.41 Å². The lowest BCUT2D eigenvalue weighted by Gasteiger charge is -2.16. The van der Waals surface area contributed by atoms with Crippen LogP contribution >= 0.6 is 0 Å². The average molecular weight is 210 g/mol. The summed E-state index contributed by atoms with van der Waals surface area (Å²) in [6.07, 6.45) is 7.24. The SMILES string of the molecule is COC(=O)C=CC(C)(C)CC=CC(C)=O. The highest BCUT2D eigenvalue weighted by molar-refractivity contribution is 5.87. The van der Waals surface area contributed by atoms with Gasteiger partial charge in [-0.1, -0.05) is 26.0 Å². The molecule has 0 aliphatic heterocycles. The molecule has 0 amide bonds. The molecule has 0 aromatic heterocycles. The summed E-state index contributed by atoms with van der Waals surface area (Å²) in [5.74, 6) is -0.332. The quantitative estimate of drug-likeness (QED) is 0.516. The summed E-state index contributed by atoms with van der Waals surface area (Å²) in [5.41, 5.74) is -0.153. The Bertz CT molecular complexity index is 285. The lowest BCUT2D eigenvalue weighted by molar-refractivity contribution is -0.134. The molecule has 0 N–H and O–H groups in total. The van der Waals surface area contributed by atoms with Gasteiger partial charge in [-0.05, 0) is 24.8 Å². The number of allylic oxidation sites excluding steroid dienone is 3. The smallest absolute Gasteiger partial charge is 0.330 e. The van der Waals surface area contributed by atoms with Crippen LogP contribution in [-0.2, 0) is 14.3 Å². The topological polar surface area (TPSA) is 43.4 Å². The van der Waals surface area contributed by atoms with Crippen LogP contribution in [0.5, 0.6) is 0 Å². The van der Waals surface area contributed by atoms with Crippen molar-refractivity contribution >= 4 is 11.8 Å². The molecule has 0 spiro atoms. The predicted octanol–water partition coefficient (Wildman–Crippen LogP) is 2.28. The minimum Gasteiger partial charge on any atom is -0.466 e. The van der Waals surface area contributed by atoms with E-state index in [1.54, 1.807) is 6.08 Å². The molecule has 0 unspecified atom stereocenters. The molecule has 0 radical (unpaired) electrons. The average Bonchev–Trinajstić information content (AvgIpc) is 2.13. The summed E-state index contributed by atoms with van der Waals surface area (Å²) in [4.78, 5) is 21.5. The Morgan fingerprint density at radius 3 is 2.33 bits per heavy atom. The van der Waals surface area contributed by atoms with Gasteiger partial charge in [-0.3, -0.25) is 4.79 Å². The second-order valence-electron chi connectivity index (χ2n) is 4.06. The maximum Gasteiger partial charge on any atom is 0.330 e. The highest BCUT2D eigenvalue weighted by atomic mass is 16.5. The minimum atomic E-state index is -0.362. The number of carbonyl (C=O) groups is 2. The maximum absolute atomic E-state index is 10.9. The number of carbonyl (C=O) groups excluding carboxylic acids is 2. The van der Waals surface area contributed by atoms with Crippen LogP contribution in [0.25, 0.3) is 0 Å². The molecule has 0 heterocycles. The fourth-order valence-electron chi connectivity index (χ4n) is 0.958. The summed E-state index contributed by atoms with van der Waals surface area (Å²) in [7, 11) is 1.34. The van der Waals surface area contributed by atoms with E-state index in [9.17, 15) is 9.59 Å². The van der Waals surface area contributed by atoms with Crippen molar-refractivity contribution in [1.29, 1.82) is 0 Å². The van der Waals surface area contributed by atoms with Gasteiger partial charge in [0.25, 0.3) is 0 Å². The van der Waals surface area contributed by atoms with Gasteiger partial charge in [-0.25, -0.2) is 4.79 Å². The maximum atomic E-state index is 10.9. The zero-order chi connectivity index (χ0) is 11.9. The molecule has 0 aromatic rings. The molecule has 84 valence electrons. The minimum absolute atomic E-state index is 0.0303. The number of methoxy groups -OCH3 is 1. The second-order valence-corrected chi connectivity index (χ2v) is 4.06. The monoisotopic (exact) mass is 210 g/mol.